The van der Waals surface area contributed by atoms with E-state index in [1.807, 2.05) is 0 Å². The lowest BCUT2D eigenvalue weighted by atomic mass is 10.1. The van der Waals surface area contributed by atoms with Crippen LogP contribution in [0.25, 0.3) is 0 Å². The first-order valence-electron chi connectivity index (χ1n) is 5.35. The van der Waals surface area contributed by atoms with Crippen molar-refractivity contribution in [2.24, 2.45) is 5.92 Å². The van der Waals surface area contributed by atoms with E-state index in [2.05, 4.69) is 26.9 Å². The van der Waals surface area contributed by atoms with Gasteiger partial charge in [-0.2, -0.15) is 4.98 Å². The van der Waals surface area contributed by atoms with E-state index in [4.69, 9.17) is 0 Å². The minimum Gasteiger partial charge on any atom is -0.343 e. The molecular weight excluding hydrogens is 178 g/mol. The smallest absolute Gasteiger partial charge is 0.213 e. The SMILES string of the molecule is CC1CCCC1NCCc1ncon1. The number of aromatic nitrogens is 2. The first-order chi connectivity index (χ1) is 6.86. The Hall–Kier alpha value is -0.900. The largest absolute Gasteiger partial charge is 0.343 e. The Morgan fingerprint density at radius 3 is 3.14 bits per heavy atom. The number of hydrogen-bond donors (Lipinski definition) is 1. The Morgan fingerprint density at radius 1 is 1.57 bits per heavy atom. The molecule has 1 heterocycles. The Labute approximate surface area is 84.1 Å². The highest BCUT2D eigenvalue weighted by atomic mass is 16.5. The molecule has 2 atom stereocenters. The second-order valence-electron chi connectivity index (χ2n) is 4.07. The molecule has 1 fully saturated rings. The summed E-state index contributed by atoms with van der Waals surface area (Å²) >= 11 is 0. The molecule has 4 heteroatoms. The van der Waals surface area contributed by atoms with Crippen molar-refractivity contribution in [2.45, 2.75) is 38.6 Å². The molecular formula is C10H17N3O. The van der Waals surface area contributed by atoms with E-state index in [-0.39, 0.29) is 0 Å². The zero-order valence-corrected chi connectivity index (χ0v) is 8.57. The maximum absolute atomic E-state index is 4.67. The first-order valence-corrected chi connectivity index (χ1v) is 5.35. The van der Waals surface area contributed by atoms with E-state index in [1.165, 1.54) is 25.7 Å². The lowest BCUT2D eigenvalue weighted by Crippen LogP contribution is -2.32. The van der Waals surface area contributed by atoms with Crippen LogP contribution in [0.4, 0.5) is 0 Å². The monoisotopic (exact) mass is 195 g/mol. The highest BCUT2D eigenvalue weighted by Gasteiger charge is 2.22. The highest BCUT2D eigenvalue weighted by Crippen LogP contribution is 2.24. The Balaban J connectivity index is 1.68. The summed E-state index contributed by atoms with van der Waals surface area (Å²) < 4.78 is 4.67. The normalized spacial score (nSPS) is 26.9. The van der Waals surface area contributed by atoms with Gasteiger partial charge in [-0.3, -0.25) is 0 Å². The van der Waals surface area contributed by atoms with Crippen molar-refractivity contribution in [1.29, 1.82) is 0 Å². The molecule has 0 saturated heterocycles. The minimum atomic E-state index is 0.696. The Kier molecular flexibility index (Phi) is 3.14. The molecule has 1 aliphatic rings. The fraction of sp³-hybridized carbons (Fsp3) is 0.800. The van der Waals surface area contributed by atoms with Crippen LogP contribution in [0.2, 0.25) is 0 Å². The van der Waals surface area contributed by atoms with Gasteiger partial charge in [-0.15, -0.1) is 0 Å². The third-order valence-electron chi connectivity index (χ3n) is 3.02. The van der Waals surface area contributed by atoms with Gasteiger partial charge < -0.3 is 9.84 Å². The molecule has 0 aliphatic heterocycles. The standard InChI is InChI=1S/C10H17N3O/c1-8-3-2-4-9(8)11-6-5-10-12-7-14-13-10/h7-9,11H,2-6H2,1H3. The van der Waals surface area contributed by atoms with E-state index in [0.29, 0.717) is 6.04 Å². The van der Waals surface area contributed by atoms with Crippen molar-refractivity contribution in [2.75, 3.05) is 6.54 Å². The Morgan fingerprint density at radius 2 is 2.50 bits per heavy atom. The summed E-state index contributed by atoms with van der Waals surface area (Å²) in [5, 5.41) is 7.32. The van der Waals surface area contributed by atoms with E-state index >= 15 is 0 Å². The molecule has 0 aromatic carbocycles. The summed E-state index contributed by atoms with van der Waals surface area (Å²) in [6, 6.07) is 0.696. The molecule has 14 heavy (non-hydrogen) atoms. The van der Waals surface area contributed by atoms with Gasteiger partial charge in [-0.05, 0) is 18.8 Å². The molecule has 0 bridgehead atoms. The van der Waals surface area contributed by atoms with Gasteiger partial charge in [-0.25, -0.2) is 0 Å². The summed E-state index contributed by atoms with van der Waals surface area (Å²) in [6.45, 7) is 3.27. The topological polar surface area (TPSA) is 51.0 Å². The van der Waals surface area contributed by atoms with E-state index in [9.17, 15) is 0 Å². The molecule has 1 aromatic heterocycles. The van der Waals surface area contributed by atoms with Crippen LogP contribution in [-0.4, -0.2) is 22.7 Å². The van der Waals surface area contributed by atoms with Crippen LogP contribution < -0.4 is 5.32 Å². The number of nitrogens with zero attached hydrogens (tertiary/aromatic N) is 2. The average molecular weight is 195 g/mol. The van der Waals surface area contributed by atoms with Gasteiger partial charge in [0.15, 0.2) is 5.82 Å². The molecule has 1 N–H and O–H groups in total. The third kappa shape index (κ3) is 2.32. The summed E-state index contributed by atoms with van der Waals surface area (Å²) in [5.74, 6) is 1.61. The Bertz CT molecular complexity index is 260. The summed E-state index contributed by atoms with van der Waals surface area (Å²) in [5.41, 5.74) is 0. The van der Waals surface area contributed by atoms with Crippen molar-refractivity contribution < 1.29 is 4.52 Å². The minimum absolute atomic E-state index is 0.696. The fourth-order valence-corrected chi connectivity index (χ4v) is 2.12. The number of hydrogen-bond acceptors (Lipinski definition) is 4. The highest BCUT2D eigenvalue weighted by molar-refractivity contribution is 4.83. The second kappa shape index (κ2) is 4.55. The van der Waals surface area contributed by atoms with Gasteiger partial charge in [0.25, 0.3) is 0 Å². The zero-order chi connectivity index (χ0) is 9.80. The van der Waals surface area contributed by atoms with Crippen LogP contribution in [0, 0.1) is 5.92 Å². The molecule has 0 radical (unpaired) electrons. The van der Waals surface area contributed by atoms with Gasteiger partial charge in [0, 0.05) is 19.0 Å². The van der Waals surface area contributed by atoms with Crippen molar-refractivity contribution in [3.05, 3.63) is 12.2 Å². The van der Waals surface area contributed by atoms with Crippen molar-refractivity contribution in [3.8, 4) is 0 Å². The van der Waals surface area contributed by atoms with Gasteiger partial charge in [0.1, 0.15) is 0 Å². The van der Waals surface area contributed by atoms with Crippen LogP contribution >= 0.6 is 0 Å². The third-order valence-corrected chi connectivity index (χ3v) is 3.02. The van der Waals surface area contributed by atoms with E-state index in [1.54, 1.807) is 0 Å². The molecule has 2 rings (SSSR count). The lowest BCUT2D eigenvalue weighted by molar-refractivity contribution is 0.402. The molecule has 2 unspecified atom stereocenters. The molecule has 1 aliphatic carbocycles. The average Bonchev–Trinajstić information content (AvgIpc) is 2.78. The van der Waals surface area contributed by atoms with Crippen molar-refractivity contribution in [3.63, 3.8) is 0 Å². The van der Waals surface area contributed by atoms with Crippen LogP contribution in [0.3, 0.4) is 0 Å². The lowest BCUT2D eigenvalue weighted by Gasteiger charge is -2.16. The van der Waals surface area contributed by atoms with Crippen LogP contribution in [-0.2, 0) is 6.42 Å². The van der Waals surface area contributed by atoms with Gasteiger partial charge in [0.2, 0.25) is 6.39 Å². The maximum Gasteiger partial charge on any atom is 0.213 e. The van der Waals surface area contributed by atoms with Gasteiger partial charge >= 0.3 is 0 Å². The molecule has 78 valence electrons. The van der Waals surface area contributed by atoms with Crippen LogP contribution in [0.1, 0.15) is 32.0 Å². The molecule has 0 spiro atoms. The van der Waals surface area contributed by atoms with Crippen LogP contribution in [0.15, 0.2) is 10.9 Å². The van der Waals surface area contributed by atoms with E-state index < -0.39 is 0 Å². The quantitative estimate of drug-likeness (QED) is 0.788. The van der Waals surface area contributed by atoms with E-state index in [0.717, 1.165) is 24.7 Å². The number of rotatable bonds is 4. The van der Waals surface area contributed by atoms with Gasteiger partial charge in [0.05, 0.1) is 0 Å². The van der Waals surface area contributed by atoms with Crippen molar-refractivity contribution in [1.82, 2.24) is 15.5 Å². The van der Waals surface area contributed by atoms with Crippen molar-refractivity contribution >= 4 is 0 Å². The summed E-state index contributed by atoms with van der Waals surface area (Å²) in [4.78, 5) is 3.98. The molecule has 0 amide bonds. The molecule has 4 nitrogen and oxygen atoms in total. The number of nitrogens with one attached hydrogen (secondary N) is 1. The van der Waals surface area contributed by atoms with Gasteiger partial charge in [-0.1, -0.05) is 18.5 Å². The predicted octanol–water partition coefficient (Wildman–Crippen LogP) is 1.39. The van der Waals surface area contributed by atoms with Crippen LogP contribution in [0.5, 0.6) is 0 Å². The second-order valence-corrected chi connectivity index (χ2v) is 4.07. The fourth-order valence-electron chi connectivity index (χ4n) is 2.12. The predicted molar refractivity (Wildman–Crippen MR) is 52.8 cm³/mol. The zero-order valence-electron chi connectivity index (χ0n) is 8.57. The molecule has 1 aromatic rings. The molecule has 1 saturated carbocycles. The maximum atomic E-state index is 4.67. The first kappa shape index (κ1) is 9.65. The summed E-state index contributed by atoms with van der Waals surface area (Å²) in [6.07, 6.45) is 6.28. The summed E-state index contributed by atoms with van der Waals surface area (Å²) in [7, 11) is 0.